The third kappa shape index (κ3) is 1.47. The second-order valence-electron chi connectivity index (χ2n) is 7.37. The van der Waals surface area contributed by atoms with Crippen molar-refractivity contribution in [1.29, 1.82) is 0 Å². The van der Waals surface area contributed by atoms with Crippen molar-refractivity contribution in [3.05, 3.63) is 35.8 Å². The van der Waals surface area contributed by atoms with E-state index in [1.165, 1.54) is 0 Å². The van der Waals surface area contributed by atoms with Crippen LogP contribution in [0, 0.1) is 23.2 Å². The molecule has 2 saturated heterocycles. The fraction of sp³-hybridized carbons (Fsp3) is 0.556. The molecule has 0 N–H and O–H groups in total. The number of likely N-dealkylation sites (tertiary alicyclic amines) is 1. The van der Waals surface area contributed by atoms with Crippen molar-refractivity contribution < 1.29 is 19.1 Å². The molecule has 2 aliphatic heterocycles. The molecule has 3 aliphatic carbocycles. The fourth-order valence-corrected chi connectivity index (χ4v) is 5.81. The largest absolute Gasteiger partial charge is 0.482 e. The highest BCUT2D eigenvalue weighted by molar-refractivity contribution is 5.96. The molecule has 1 saturated carbocycles. The molecule has 0 aromatic carbocycles. The molecule has 23 heavy (non-hydrogen) atoms. The first-order valence-corrected chi connectivity index (χ1v) is 8.28. The molecular formula is C18H19NO4. The van der Waals surface area contributed by atoms with Crippen LogP contribution >= 0.6 is 0 Å². The Kier molecular flexibility index (Phi) is 2.56. The van der Waals surface area contributed by atoms with Crippen molar-refractivity contribution in [2.45, 2.75) is 25.0 Å². The zero-order chi connectivity index (χ0) is 15.8. The molecule has 120 valence electrons. The Morgan fingerprint density at radius 1 is 1.39 bits per heavy atom. The van der Waals surface area contributed by atoms with Crippen molar-refractivity contribution >= 4 is 12.3 Å². The molecule has 5 heteroatoms. The Bertz CT molecular complexity index is 693. The maximum absolute atomic E-state index is 12.6. The minimum atomic E-state index is -0.429. The lowest BCUT2D eigenvalue weighted by molar-refractivity contribution is -0.140. The molecule has 2 unspecified atom stereocenters. The number of allylic oxidation sites excluding steroid dienone is 3. The zero-order valence-corrected chi connectivity index (χ0v) is 13.0. The van der Waals surface area contributed by atoms with Crippen LogP contribution < -0.4 is 0 Å². The van der Waals surface area contributed by atoms with E-state index in [-0.39, 0.29) is 17.1 Å². The molecule has 0 aromatic rings. The van der Waals surface area contributed by atoms with E-state index in [9.17, 15) is 9.59 Å². The third-order valence-corrected chi connectivity index (χ3v) is 6.67. The summed E-state index contributed by atoms with van der Waals surface area (Å²) in [5, 5.41) is 0. The van der Waals surface area contributed by atoms with Crippen LogP contribution in [0.1, 0.15) is 12.8 Å². The average molecular weight is 313 g/mol. The van der Waals surface area contributed by atoms with Gasteiger partial charge in [-0.3, -0.25) is 9.59 Å². The fourth-order valence-electron chi connectivity index (χ4n) is 5.81. The molecule has 3 fully saturated rings. The van der Waals surface area contributed by atoms with Gasteiger partial charge in [-0.15, -0.1) is 0 Å². The van der Waals surface area contributed by atoms with Gasteiger partial charge in [-0.1, -0.05) is 12.2 Å². The van der Waals surface area contributed by atoms with Crippen molar-refractivity contribution in [1.82, 2.24) is 4.90 Å². The van der Waals surface area contributed by atoms with Crippen LogP contribution in [-0.2, 0) is 19.1 Å². The molecule has 2 bridgehead atoms. The summed E-state index contributed by atoms with van der Waals surface area (Å²) in [6.07, 6.45) is 9.36. The minimum absolute atomic E-state index is 0.0533. The van der Waals surface area contributed by atoms with E-state index >= 15 is 0 Å². The van der Waals surface area contributed by atoms with Gasteiger partial charge in [-0.2, -0.15) is 0 Å². The van der Waals surface area contributed by atoms with E-state index in [0.717, 1.165) is 25.1 Å². The first kappa shape index (κ1) is 13.5. The standard InChI is InChI=1S/C18H19NO4/c1-19-7-6-18-11-3-4-13(21)17(18)23-16-14(22-9-20)5-2-10(15(16)18)8-12(11)19/h2-5,9-12,15,17H,6-8H2,1H3/t10?,11-,12+,15?,17-,18-/m0/s1. The van der Waals surface area contributed by atoms with E-state index in [4.69, 9.17) is 9.47 Å². The molecule has 0 radical (unpaired) electrons. The van der Waals surface area contributed by atoms with Crippen LogP contribution in [-0.4, -0.2) is 42.9 Å². The normalized spacial score (nSPS) is 46.5. The number of ether oxygens (including phenoxy) is 2. The van der Waals surface area contributed by atoms with Gasteiger partial charge in [0.15, 0.2) is 17.6 Å². The summed E-state index contributed by atoms with van der Waals surface area (Å²) in [6.45, 7) is 1.42. The number of carbonyl (C=O) groups is 2. The van der Waals surface area contributed by atoms with Crippen molar-refractivity contribution in [3.63, 3.8) is 0 Å². The highest BCUT2D eigenvalue weighted by Gasteiger charge is 2.69. The van der Waals surface area contributed by atoms with Gasteiger partial charge in [0, 0.05) is 23.3 Å². The summed E-state index contributed by atoms with van der Waals surface area (Å²) in [5.41, 5.74) is -0.177. The highest BCUT2D eigenvalue weighted by atomic mass is 16.6. The van der Waals surface area contributed by atoms with Gasteiger partial charge in [0.1, 0.15) is 5.76 Å². The van der Waals surface area contributed by atoms with Crippen LogP contribution in [0.5, 0.6) is 0 Å². The molecule has 0 amide bonds. The molecular weight excluding hydrogens is 294 g/mol. The quantitative estimate of drug-likeness (QED) is 0.722. The Morgan fingerprint density at radius 3 is 3.09 bits per heavy atom. The van der Waals surface area contributed by atoms with Crippen LogP contribution in [0.15, 0.2) is 35.8 Å². The van der Waals surface area contributed by atoms with E-state index in [1.54, 1.807) is 6.08 Å². The smallest absolute Gasteiger partial charge is 0.298 e. The SMILES string of the molecule is CN1CC[C@@]23C4C5=C(OC=O)C=CC4C[C@@H]1[C@@H]2C=CC(=O)[C@@H]3O5. The third-order valence-electron chi connectivity index (χ3n) is 6.67. The van der Waals surface area contributed by atoms with Crippen LogP contribution in [0.4, 0.5) is 0 Å². The average Bonchev–Trinajstić information content (AvgIpc) is 2.90. The molecule has 5 rings (SSSR count). The maximum atomic E-state index is 12.6. The Morgan fingerprint density at radius 2 is 2.26 bits per heavy atom. The summed E-state index contributed by atoms with van der Waals surface area (Å²) >= 11 is 0. The van der Waals surface area contributed by atoms with Crippen LogP contribution in [0.3, 0.4) is 0 Å². The lowest BCUT2D eigenvalue weighted by Crippen LogP contribution is -2.64. The van der Waals surface area contributed by atoms with Crippen LogP contribution in [0.2, 0.25) is 0 Å². The minimum Gasteiger partial charge on any atom is -0.482 e. The molecule has 6 atom stereocenters. The van der Waals surface area contributed by atoms with Gasteiger partial charge in [-0.05, 0) is 44.5 Å². The van der Waals surface area contributed by atoms with Crippen molar-refractivity contribution in [2.75, 3.05) is 13.6 Å². The number of carbonyl (C=O) groups excluding carboxylic acids is 2. The number of rotatable bonds is 2. The Hall–Kier alpha value is -1.88. The topological polar surface area (TPSA) is 55.8 Å². The van der Waals surface area contributed by atoms with Gasteiger partial charge in [0.2, 0.25) is 0 Å². The van der Waals surface area contributed by atoms with Gasteiger partial charge in [0.05, 0.1) is 0 Å². The second-order valence-corrected chi connectivity index (χ2v) is 7.37. The summed E-state index contributed by atoms with van der Waals surface area (Å²) in [5.74, 6) is 2.08. The number of ketones is 1. The molecule has 1 spiro atoms. The molecule has 2 heterocycles. The second kappa shape index (κ2) is 4.35. The first-order chi connectivity index (χ1) is 11.2. The lowest BCUT2D eigenvalue weighted by Gasteiger charge is -2.59. The summed E-state index contributed by atoms with van der Waals surface area (Å²) in [7, 11) is 2.18. The monoisotopic (exact) mass is 313 g/mol. The van der Waals surface area contributed by atoms with E-state index in [0.29, 0.717) is 30.1 Å². The highest BCUT2D eigenvalue weighted by Crippen LogP contribution is 2.66. The predicted octanol–water partition coefficient (Wildman–Crippen LogP) is 1.42. The van der Waals surface area contributed by atoms with Gasteiger partial charge in [0.25, 0.3) is 6.47 Å². The van der Waals surface area contributed by atoms with E-state index in [1.807, 2.05) is 6.08 Å². The van der Waals surface area contributed by atoms with E-state index in [2.05, 4.69) is 24.1 Å². The van der Waals surface area contributed by atoms with Gasteiger partial charge >= 0.3 is 0 Å². The first-order valence-electron chi connectivity index (χ1n) is 8.28. The zero-order valence-electron chi connectivity index (χ0n) is 13.0. The van der Waals surface area contributed by atoms with Crippen molar-refractivity contribution in [2.24, 2.45) is 23.2 Å². The van der Waals surface area contributed by atoms with E-state index < -0.39 is 6.10 Å². The lowest BCUT2D eigenvalue weighted by atomic mass is 9.48. The summed E-state index contributed by atoms with van der Waals surface area (Å²) in [4.78, 5) is 25.8. The number of hydrogen-bond acceptors (Lipinski definition) is 5. The maximum Gasteiger partial charge on any atom is 0.298 e. The molecule has 0 aromatic heterocycles. The van der Waals surface area contributed by atoms with Gasteiger partial charge < -0.3 is 14.4 Å². The Balaban J connectivity index is 1.72. The number of nitrogens with zero attached hydrogens (tertiary/aromatic N) is 1. The molecule has 5 aliphatic rings. The Labute approximate surface area is 134 Å². The van der Waals surface area contributed by atoms with Crippen molar-refractivity contribution in [3.8, 4) is 0 Å². The molecule has 5 nitrogen and oxygen atoms in total. The predicted molar refractivity (Wildman–Crippen MR) is 80.9 cm³/mol. The summed E-state index contributed by atoms with van der Waals surface area (Å²) in [6, 6.07) is 0.443. The number of hydrogen-bond donors (Lipinski definition) is 0. The van der Waals surface area contributed by atoms with Gasteiger partial charge in [-0.25, -0.2) is 0 Å². The summed E-state index contributed by atoms with van der Waals surface area (Å²) < 4.78 is 11.3. The number of piperidine rings is 1. The van der Waals surface area contributed by atoms with Crippen LogP contribution in [0.25, 0.3) is 0 Å².